The normalized spacial score (nSPS) is 18.1. The van der Waals surface area contributed by atoms with E-state index in [1.807, 2.05) is 0 Å². The summed E-state index contributed by atoms with van der Waals surface area (Å²) in [5, 5.41) is 9.46. The summed E-state index contributed by atoms with van der Waals surface area (Å²) in [6, 6.07) is 0. The molecule has 1 aliphatic carbocycles. The third-order valence-electron chi connectivity index (χ3n) is 3.26. The summed E-state index contributed by atoms with van der Waals surface area (Å²) >= 11 is 3.49. The van der Waals surface area contributed by atoms with Crippen LogP contribution in [-0.2, 0) is 11.9 Å². The van der Waals surface area contributed by atoms with E-state index in [1.165, 1.54) is 18.7 Å². The molecule has 16 heavy (non-hydrogen) atoms. The van der Waals surface area contributed by atoms with Gasteiger partial charge in [-0.3, -0.25) is 0 Å². The molecule has 4 heteroatoms. The highest BCUT2D eigenvalue weighted by Gasteiger charge is 2.32. The fraction of sp³-hybridized carbons (Fsp3) is 0.833. The van der Waals surface area contributed by atoms with Crippen molar-refractivity contribution in [2.75, 3.05) is 0 Å². The van der Waals surface area contributed by atoms with Gasteiger partial charge in [-0.05, 0) is 24.7 Å². The molecule has 1 unspecified atom stereocenters. The van der Waals surface area contributed by atoms with Crippen molar-refractivity contribution >= 4 is 15.9 Å². The number of rotatable bonds is 5. The smallest absolute Gasteiger partial charge is 0.143 e. The Morgan fingerprint density at radius 3 is 2.50 bits per heavy atom. The summed E-state index contributed by atoms with van der Waals surface area (Å²) in [5.41, 5.74) is 0. The Balaban J connectivity index is 2.24. The van der Waals surface area contributed by atoms with Crippen molar-refractivity contribution in [1.29, 1.82) is 0 Å². The Morgan fingerprint density at radius 1 is 1.31 bits per heavy atom. The van der Waals surface area contributed by atoms with Crippen molar-refractivity contribution in [2.24, 2.45) is 11.8 Å². The first-order chi connectivity index (χ1) is 7.63. The zero-order valence-corrected chi connectivity index (χ0v) is 11.9. The summed E-state index contributed by atoms with van der Waals surface area (Å²) in [4.78, 5) is 0. The second-order valence-electron chi connectivity index (χ2n) is 5.24. The Labute approximate surface area is 106 Å². The van der Waals surface area contributed by atoms with Crippen LogP contribution < -0.4 is 0 Å². The fourth-order valence-electron chi connectivity index (χ4n) is 2.16. The van der Waals surface area contributed by atoms with Gasteiger partial charge in [0.05, 0.1) is 5.33 Å². The van der Waals surface area contributed by atoms with E-state index in [2.05, 4.69) is 51.5 Å². The lowest BCUT2D eigenvalue weighted by atomic mass is 10.1. The lowest BCUT2D eigenvalue weighted by molar-refractivity contribution is 0.473. The Bertz CT molecular complexity index is 355. The molecule has 0 aliphatic heterocycles. The second-order valence-corrected chi connectivity index (χ2v) is 5.80. The molecular formula is C12H20BrN3. The van der Waals surface area contributed by atoms with Crippen LogP contribution in [0.3, 0.4) is 0 Å². The predicted molar refractivity (Wildman–Crippen MR) is 68.6 cm³/mol. The lowest BCUT2D eigenvalue weighted by Gasteiger charge is -2.15. The van der Waals surface area contributed by atoms with E-state index in [4.69, 9.17) is 0 Å². The lowest BCUT2D eigenvalue weighted by Crippen LogP contribution is -2.14. The third-order valence-corrected chi connectivity index (χ3v) is 3.76. The van der Waals surface area contributed by atoms with Crippen LogP contribution in [0.25, 0.3) is 0 Å². The summed E-state index contributed by atoms with van der Waals surface area (Å²) in [7, 11) is 0. The number of halogens is 1. The van der Waals surface area contributed by atoms with Crippen molar-refractivity contribution in [3.05, 3.63) is 11.6 Å². The van der Waals surface area contributed by atoms with Crippen molar-refractivity contribution < 1.29 is 0 Å². The SMILES string of the molecule is CC(C)Cn1c(CBr)nnc1C(C)C1CC1. The summed E-state index contributed by atoms with van der Waals surface area (Å²) in [6.45, 7) is 7.80. The van der Waals surface area contributed by atoms with Crippen molar-refractivity contribution in [2.45, 2.75) is 51.4 Å². The van der Waals surface area contributed by atoms with Crippen LogP contribution in [0, 0.1) is 11.8 Å². The maximum atomic E-state index is 4.38. The van der Waals surface area contributed by atoms with Gasteiger partial charge >= 0.3 is 0 Å². The van der Waals surface area contributed by atoms with Crippen LogP contribution in [0.2, 0.25) is 0 Å². The van der Waals surface area contributed by atoms with Gasteiger partial charge in [-0.1, -0.05) is 36.7 Å². The highest BCUT2D eigenvalue weighted by atomic mass is 79.9. The molecule has 1 atom stereocenters. The van der Waals surface area contributed by atoms with Gasteiger partial charge < -0.3 is 4.57 Å². The molecule has 0 bridgehead atoms. The van der Waals surface area contributed by atoms with Crippen LogP contribution >= 0.6 is 15.9 Å². The number of hydrogen-bond acceptors (Lipinski definition) is 2. The van der Waals surface area contributed by atoms with E-state index in [9.17, 15) is 0 Å². The van der Waals surface area contributed by atoms with Crippen molar-refractivity contribution in [3.63, 3.8) is 0 Å². The molecular weight excluding hydrogens is 266 g/mol. The van der Waals surface area contributed by atoms with Crippen LogP contribution in [-0.4, -0.2) is 14.8 Å². The molecule has 1 heterocycles. The topological polar surface area (TPSA) is 30.7 Å². The number of nitrogens with zero attached hydrogens (tertiary/aromatic N) is 3. The Morgan fingerprint density at radius 2 is 2.00 bits per heavy atom. The van der Waals surface area contributed by atoms with Gasteiger partial charge in [0.2, 0.25) is 0 Å². The number of aromatic nitrogens is 3. The molecule has 0 N–H and O–H groups in total. The molecule has 0 spiro atoms. The molecule has 1 aromatic rings. The third kappa shape index (κ3) is 2.47. The molecule has 3 nitrogen and oxygen atoms in total. The second kappa shape index (κ2) is 4.86. The van der Waals surface area contributed by atoms with Crippen LogP contribution in [0.1, 0.15) is 51.2 Å². The minimum Gasteiger partial charge on any atom is -0.314 e. The Kier molecular flexibility index (Phi) is 3.67. The van der Waals surface area contributed by atoms with E-state index >= 15 is 0 Å². The van der Waals surface area contributed by atoms with Gasteiger partial charge in [-0.15, -0.1) is 10.2 Å². The maximum absolute atomic E-state index is 4.38. The molecule has 1 aliphatic rings. The van der Waals surface area contributed by atoms with E-state index < -0.39 is 0 Å². The molecule has 1 aromatic heterocycles. The molecule has 0 radical (unpaired) electrons. The molecule has 1 saturated carbocycles. The van der Waals surface area contributed by atoms with Crippen LogP contribution in [0.4, 0.5) is 0 Å². The van der Waals surface area contributed by atoms with E-state index in [-0.39, 0.29) is 0 Å². The first-order valence-electron chi connectivity index (χ1n) is 6.11. The zero-order valence-electron chi connectivity index (χ0n) is 10.3. The monoisotopic (exact) mass is 285 g/mol. The first kappa shape index (κ1) is 12.1. The highest BCUT2D eigenvalue weighted by molar-refractivity contribution is 9.08. The van der Waals surface area contributed by atoms with Gasteiger partial charge in [0, 0.05) is 12.5 Å². The maximum Gasteiger partial charge on any atom is 0.143 e. The van der Waals surface area contributed by atoms with Gasteiger partial charge in [0.25, 0.3) is 0 Å². The quantitative estimate of drug-likeness (QED) is 0.777. The minimum absolute atomic E-state index is 0.569. The van der Waals surface area contributed by atoms with Crippen LogP contribution in [0.5, 0.6) is 0 Å². The van der Waals surface area contributed by atoms with E-state index in [1.54, 1.807) is 0 Å². The summed E-state index contributed by atoms with van der Waals surface area (Å²) < 4.78 is 2.31. The average molecular weight is 286 g/mol. The summed E-state index contributed by atoms with van der Waals surface area (Å²) in [5.74, 6) is 4.30. The van der Waals surface area contributed by atoms with Crippen molar-refractivity contribution in [3.8, 4) is 0 Å². The molecule has 1 fully saturated rings. The molecule has 0 aromatic carbocycles. The van der Waals surface area contributed by atoms with E-state index in [0.717, 1.165) is 23.6 Å². The van der Waals surface area contributed by atoms with E-state index in [0.29, 0.717) is 11.8 Å². The van der Waals surface area contributed by atoms with Gasteiger partial charge in [-0.2, -0.15) is 0 Å². The number of alkyl halides is 1. The van der Waals surface area contributed by atoms with Gasteiger partial charge in [0.15, 0.2) is 0 Å². The molecule has 0 amide bonds. The highest BCUT2D eigenvalue weighted by Crippen LogP contribution is 2.41. The largest absolute Gasteiger partial charge is 0.314 e. The summed E-state index contributed by atoms with van der Waals surface area (Å²) in [6.07, 6.45) is 2.72. The minimum atomic E-state index is 0.569. The van der Waals surface area contributed by atoms with Crippen LogP contribution in [0.15, 0.2) is 0 Å². The number of hydrogen-bond donors (Lipinski definition) is 0. The van der Waals surface area contributed by atoms with Crippen molar-refractivity contribution in [1.82, 2.24) is 14.8 Å². The standard InChI is InChI=1S/C12H20BrN3/c1-8(2)7-16-11(6-13)14-15-12(16)9(3)10-4-5-10/h8-10H,4-7H2,1-3H3. The molecule has 0 saturated heterocycles. The molecule has 2 rings (SSSR count). The fourth-order valence-corrected chi connectivity index (χ4v) is 2.57. The zero-order chi connectivity index (χ0) is 11.7. The average Bonchev–Trinajstić information content (AvgIpc) is 3.00. The Hall–Kier alpha value is -0.380. The predicted octanol–water partition coefficient (Wildman–Crippen LogP) is 3.34. The van der Waals surface area contributed by atoms with Gasteiger partial charge in [0.1, 0.15) is 11.6 Å². The van der Waals surface area contributed by atoms with Gasteiger partial charge in [-0.25, -0.2) is 0 Å². The first-order valence-corrected chi connectivity index (χ1v) is 7.23. The molecule has 90 valence electrons.